The van der Waals surface area contributed by atoms with Gasteiger partial charge in [-0.25, -0.2) is 9.37 Å². The summed E-state index contributed by atoms with van der Waals surface area (Å²) in [5.74, 6) is 0.394. The fourth-order valence-corrected chi connectivity index (χ4v) is 3.88. The topological polar surface area (TPSA) is 73.0 Å². The van der Waals surface area contributed by atoms with Crippen molar-refractivity contribution in [3.63, 3.8) is 0 Å². The van der Waals surface area contributed by atoms with E-state index in [1.165, 1.54) is 35.6 Å². The smallest absolute Gasteiger partial charge is 0.256 e. The van der Waals surface area contributed by atoms with Crippen LogP contribution in [0.3, 0.4) is 0 Å². The molecule has 2 aromatic carbocycles. The minimum absolute atomic E-state index is 0.351. The molecule has 3 heterocycles. The van der Waals surface area contributed by atoms with E-state index in [9.17, 15) is 9.18 Å². The number of benzene rings is 2. The van der Waals surface area contributed by atoms with Gasteiger partial charge >= 0.3 is 0 Å². The molecule has 0 radical (unpaired) electrons. The van der Waals surface area contributed by atoms with Gasteiger partial charge in [-0.2, -0.15) is 9.78 Å². The summed E-state index contributed by atoms with van der Waals surface area (Å²) in [6.45, 7) is 1.83. The van der Waals surface area contributed by atoms with Gasteiger partial charge in [-0.1, -0.05) is 18.2 Å². The highest BCUT2D eigenvalue weighted by atomic mass is 32.1. The predicted molar refractivity (Wildman–Crippen MR) is 114 cm³/mol. The Bertz CT molecular complexity index is 1330. The van der Waals surface area contributed by atoms with Gasteiger partial charge < -0.3 is 9.73 Å². The van der Waals surface area contributed by atoms with Gasteiger partial charge in [-0.05, 0) is 43.3 Å². The fourth-order valence-electron chi connectivity index (χ4n) is 3.11. The molecule has 8 heteroatoms. The first-order valence-electron chi connectivity index (χ1n) is 9.15. The van der Waals surface area contributed by atoms with Gasteiger partial charge in [0.2, 0.25) is 5.13 Å². The van der Waals surface area contributed by atoms with Crippen molar-refractivity contribution in [2.45, 2.75) is 6.92 Å². The Labute approximate surface area is 174 Å². The summed E-state index contributed by atoms with van der Waals surface area (Å²) >= 11 is 1.39. The summed E-state index contributed by atoms with van der Waals surface area (Å²) in [5, 5.41) is 10.7. The number of thiazole rings is 1. The Kier molecular flexibility index (Phi) is 4.40. The molecule has 0 saturated carbocycles. The van der Waals surface area contributed by atoms with Crippen LogP contribution in [0.4, 0.5) is 10.2 Å². The largest absolute Gasteiger partial charge is 0.454 e. The van der Waals surface area contributed by atoms with Crippen LogP contribution in [-0.4, -0.2) is 20.7 Å². The molecule has 0 bridgehead atoms. The van der Waals surface area contributed by atoms with Crippen LogP contribution in [0.2, 0.25) is 0 Å². The van der Waals surface area contributed by atoms with Crippen molar-refractivity contribution >= 4 is 34.0 Å². The van der Waals surface area contributed by atoms with Crippen LogP contribution in [0.5, 0.6) is 0 Å². The van der Waals surface area contributed by atoms with E-state index in [1.54, 1.807) is 10.7 Å². The predicted octanol–water partition coefficient (Wildman–Crippen LogP) is 5.44. The van der Waals surface area contributed by atoms with E-state index in [1.807, 2.05) is 42.6 Å². The minimum Gasteiger partial charge on any atom is -0.454 e. The van der Waals surface area contributed by atoms with E-state index >= 15 is 0 Å². The first-order chi connectivity index (χ1) is 14.6. The molecule has 0 fully saturated rings. The van der Waals surface area contributed by atoms with E-state index < -0.39 is 5.82 Å². The van der Waals surface area contributed by atoms with Gasteiger partial charge in [0.15, 0.2) is 5.76 Å². The SMILES string of the molecule is Cc1cc(NC(=O)c2ccc(F)cc2)n(-c2nc(-c3cc4ccccc4o3)cs2)n1. The van der Waals surface area contributed by atoms with Crippen molar-refractivity contribution in [2.24, 2.45) is 0 Å². The van der Waals surface area contributed by atoms with Crippen LogP contribution >= 0.6 is 11.3 Å². The second-order valence-electron chi connectivity index (χ2n) is 6.71. The molecule has 148 valence electrons. The second kappa shape index (κ2) is 7.23. The summed E-state index contributed by atoms with van der Waals surface area (Å²) in [4.78, 5) is 17.2. The third-order valence-corrected chi connectivity index (χ3v) is 5.35. The molecule has 3 aromatic heterocycles. The Balaban J connectivity index is 1.45. The molecule has 6 nitrogen and oxygen atoms in total. The van der Waals surface area contributed by atoms with Crippen LogP contribution in [-0.2, 0) is 0 Å². The molecule has 0 saturated heterocycles. The molecule has 1 amide bonds. The maximum absolute atomic E-state index is 13.1. The van der Waals surface area contributed by atoms with Crippen LogP contribution in [0.1, 0.15) is 16.1 Å². The number of amides is 1. The van der Waals surface area contributed by atoms with Gasteiger partial charge in [-0.3, -0.25) is 4.79 Å². The number of para-hydroxylation sites is 1. The zero-order valence-electron chi connectivity index (χ0n) is 15.8. The number of hydrogen-bond donors (Lipinski definition) is 1. The maximum atomic E-state index is 13.1. The fraction of sp³-hybridized carbons (Fsp3) is 0.0455. The summed E-state index contributed by atoms with van der Waals surface area (Å²) in [6.07, 6.45) is 0. The minimum atomic E-state index is -0.395. The summed E-state index contributed by atoms with van der Waals surface area (Å²) in [6, 6.07) is 16.8. The van der Waals surface area contributed by atoms with Gasteiger partial charge in [0.1, 0.15) is 22.9 Å². The molecule has 30 heavy (non-hydrogen) atoms. The van der Waals surface area contributed by atoms with Gasteiger partial charge in [0.05, 0.1) is 5.69 Å². The number of aryl methyl sites for hydroxylation is 1. The molecule has 1 N–H and O–H groups in total. The third-order valence-electron chi connectivity index (χ3n) is 4.53. The molecular weight excluding hydrogens is 403 g/mol. The van der Waals surface area contributed by atoms with Crippen molar-refractivity contribution < 1.29 is 13.6 Å². The Morgan fingerprint density at radius 1 is 1.13 bits per heavy atom. The molecule has 0 aliphatic heterocycles. The molecule has 0 aliphatic carbocycles. The van der Waals surface area contributed by atoms with Crippen molar-refractivity contribution in [3.05, 3.63) is 83.1 Å². The average Bonchev–Trinajstić information content (AvgIpc) is 3.45. The maximum Gasteiger partial charge on any atom is 0.256 e. The van der Waals surface area contributed by atoms with Gasteiger partial charge in [0, 0.05) is 22.4 Å². The number of rotatable bonds is 4. The lowest BCUT2D eigenvalue weighted by atomic mass is 10.2. The summed E-state index contributed by atoms with van der Waals surface area (Å²) in [5.41, 5.74) is 2.56. The van der Waals surface area contributed by atoms with Crippen LogP contribution in [0, 0.1) is 12.7 Å². The number of halogens is 1. The summed E-state index contributed by atoms with van der Waals surface area (Å²) < 4.78 is 20.6. The van der Waals surface area contributed by atoms with E-state index in [2.05, 4.69) is 15.4 Å². The van der Waals surface area contributed by atoms with Crippen molar-refractivity contribution in [1.29, 1.82) is 0 Å². The first kappa shape index (κ1) is 18.3. The number of carbonyl (C=O) groups excluding carboxylic acids is 1. The summed E-state index contributed by atoms with van der Waals surface area (Å²) in [7, 11) is 0. The zero-order chi connectivity index (χ0) is 20.7. The Morgan fingerprint density at radius 3 is 2.73 bits per heavy atom. The number of hydrogen-bond acceptors (Lipinski definition) is 5. The lowest BCUT2D eigenvalue weighted by molar-refractivity contribution is 0.102. The number of carbonyl (C=O) groups is 1. The number of aromatic nitrogens is 3. The van der Waals surface area contributed by atoms with Crippen LogP contribution in [0.25, 0.3) is 27.6 Å². The highest BCUT2D eigenvalue weighted by molar-refractivity contribution is 7.12. The Hall–Kier alpha value is -3.78. The molecule has 0 aliphatic rings. The number of nitrogens with zero attached hydrogens (tertiary/aromatic N) is 3. The monoisotopic (exact) mass is 418 g/mol. The van der Waals surface area contributed by atoms with Crippen molar-refractivity contribution in [2.75, 3.05) is 5.32 Å². The van der Waals surface area contributed by atoms with Crippen LogP contribution in [0.15, 0.2) is 70.5 Å². The number of anilines is 1. The second-order valence-corrected chi connectivity index (χ2v) is 7.54. The molecule has 5 rings (SSSR count). The quantitative estimate of drug-likeness (QED) is 0.422. The highest BCUT2D eigenvalue weighted by Crippen LogP contribution is 2.30. The molecule has 0 atom stereocenters. The number of nitrogens with one attached hydrogen (secondary N) is 1. The molecule has 0 unspecified atom stereocenters. The molecule has 5 aromatic rings. The standard InChI is InChI=1S/C22H15FN4O2S/c1-13-10-20(25-21(28)14-6-8-16(23)9-7-14)27(26-13)22-24-17(12-30-22)19-11-15-4-2-3-5-18(15)29-19/h2-12H,1H3,(H,25,28). The lowest BCUT2D eigenvalue weighted by Gasteiger charge is -2.06. The number of furan rings is 1. The average molecular weight is 418 g/mol. The number of fused-ring (bicyclic) bond motifs is 1. The van der Waals surface area contributed by atoms with Crippen molar-refractivity contribution in [3.8, 4) is 16.6 Å². The van der Waals surface area contributed by atoms with E-state index in [0.29, 0.717) is 28.0 Å². The van der Waals surface area contributed by atoms with E-state index in [0.717, 1.165) is 16.7 Å². The molecule has 0 spiro atoms. The molecular formula is C22H15FN4O2S. The zero-order valence-corrected chi connectivity index (χ0v) is 16.6. The normalized spacial score (nSPS) is 11.1. The van der Waals surface area contributed by atoms with Gasteiger partial charge in [-0.15, -0.1) is 11.3 Å². The van der Waals surface area contributed by atoms with E-state index in [4.69, 9.17) is 4.42 Å². The Morgan fingerprint density at radius 2 is 1.93 bits per heavy atom. The first-order valence-corrected chi connectivity index (χ1v) is 10.0. The van der Waals surface area contributed by atoms with E-state index in [-0.39, 0.29) is 5.91 Å². The van der Waals surface area contributed by atoms with Crippen LogP contribution < -0.4 is 5.32 Å². The lowest BCUT2D eigenvalue weighted by Crippen LogP contribution is -2.15. The van der Waals surface area contributed by atoms with Gasteiger partial charge in [0.25, 0.3) is 5.91 Å². The third kappa shape index (κ3) is 3.37. The highest BCUT2D eigenvalue weighted by Gasteiger charge is 2.17. The van der Waals surface area contributed by atoms with Crippen molar-refractivity contribution in [1.82, 2.24) is 14.8 Å².